The molecule has 2 aromatic carbocycles. The van der Waals surface area contributed by atoms with Gasteiger partial charge < -0.3 is 15.8 Å². The van der Waals surface area contributed by atoms with Crippen LogP contribution in [0.1, 0.15) is 49.1 Å². The Balaban J connectivity index is 1.44. The third kappa shape index (κ3) is 4.47. The Morgan fingerprint density at radius 3 is 2.52 bits per heavy atom. The van der Waals surface area contributed by atoms with Crippen LogP contribution in [0, 0.1) is 11.6 Å². The molecule has 3 N–H and O–H groups in total. The lowest BCUT2D eigenvalue weighted by molar-refractivity contribution is 0.285. The molecule has 2 aliphatic rings. The van der Waals surface area contributed by atoms with Gasteiger partial charge in [0.15, 0.2) is 11.6 Å². The fourth-order valence-corrected chi connectivity index (χ4v) is 4.05. The lowest BCUT2D eigenvalue weighted by atomic mass is 9.92. The third-order valence-electron chi connectivity index (χ3n) is 5.67. The van der Waals surface area contributed by atoms with Crippen molar-refractivity contribution in [2.75, 3.05) is 0 Å². The van der Waals surface area contributed by atoms with Gasteiger partial charge in [-0.15, -0.1) is 0 Å². The zero-order valence-electron chi connectivity index (χ0n) is 15.3. The highest BCUT2D eigenvalue weighted by molar-refractivity contribution is 5.42. The standard InChI is InChI=1S/C22H26F2N2O/c23-15-10-19(18-12-21(18)26-17-8-6-16(25)7-9-17)22(20(24)11-15)27-13-14-4-2-1-3-5-14/h1-5,10-11,16-18,21,26H,6-9,12-13,25H2. The van der Waals surface area contributed by atoms with Crippen molar-refractivity contribution in [2.24, 2.45) is 5.73 Å². The zero-order valence-corrected chi connectivity index (χ0v) is 15.3. The van der Waals surface area contributed by atoms with E-state index in [0.29, 0.717) is 17.6 Å². The molecule has 0 amide bonds. The summed E-state index contributed by atoms with van der Waals surface area (Å²) < 4.78 is 34.1. The largest absolute Gasteiger partial charge is 0.486 e. The number of hydrogen-bond acceptors (Lipinski definition) is 3. The average Bonchev–Trinajstić information content (AvgIpc) is 3.42. The second-order valence-electron chi connectivity index (χ2n) is 7.81. The molecule has 0 bridgehead atoms. The van der Waals surface area contributed by atoms with E-state index in [1.54, 1.807) is 0 Å². The second-order valence-corrected chi connectivity index (χ2v) is 7.81. The molecule has 0 aromatic heterocycles. The van der Waals surface area contributed by atoms with E-state index in [-0.39, 0.29) is 24.3 Å². The summed E-state index contributed by atoms with van der Waals surface area (Å²) in [6.07, 6.45) is 5.09. The van der Waals surface area contributed by atoms with Crippen molar-refractivity contribution < 1.29 is 13.5 Å². The van der Waals surface area contributed by atoms with Gasteiger partial charge in [-0.1, -0.05) is 30.3 Å². The van der Waals surface area contributed by atoms with Crippen LogP contribution >= 0.6 is 0 Å². The van der Waals surface area contributed by atoms with Crippen molar-refractivity contribution in [1.82, 2.24) is 5.32 Å². The molecule has 0 spiro atoms. The SMILES string of the molecule is NC1CCC(NC2CC2c2cc(F)cc(F)c2OCc2ccccc2)CC1. The number of halogens is 2. The first-order chi connectivity index (χ1) is 13.1. The first kappa shape index (κ1) is 18.4. The van der Waals surface area contributed by atoms with Gasteiger partial charge in [-0.25, -0.2) is 8.78 Å². The molecule has 2 saturated carbocycles. The Labute approximate surface area is 158 Å². The van der Waals surface area contributed by atoms with Crippen LogP contribution in [-0.2, 0) is 6.61 Å². The smallest absolute Gasteiger partial charge is 0.168 e. The van der Waals surface area contributed by atoms with Gasteiger partial charge in [0.25, 0.3) is 0 Å². The molecular weight excluding hydrogens is 346 g/mol. The maximum Gasteiger partial charge on any atom is 0.168 e. The van der Waals surface area contributed by atoms with Crippen molar-refractivity contribution in [1.29, 1.82) is 0 Å². The van der Waals surface area contributed by atoms with Gasteiger partial charge in [-0.2, -0.15) is 0 Å². The average molecular weight is 372 g/mol. The van der Waals surface area contributed by atoms with E-state index in [1.807, 2.05) is 30.3 Å². The molecule has 2 unspecified atom stereocenters. The molecule has 2 aromatic rings. The number of hydrogen-bond donors (Lipinski definition) is 2. The van der Waals surface area contributed by atoms with E-state index >= 15 is 0 Å². The molecule has 4 rings (SSSR count). The first-order valence-electron chi connectivity index (χ1n) is 9.77. The molecule has 0 aliphatic heterocycles. The Morgan fingerprint density at radius 2 is 1.78 bits per heavy atom. The van der Waals surface area contributed by atoms with Gasteiger partial charge >= 0.3 is 0 Å². The molecule has 2 fully saturated rings. The zero-order chi connectivity index (χ0) is 18.8. The van der Waals surface area contributed by atoms with Gasteiger partial charge in [0.2, 0.25) is 0 Å². The van der Waals surface area contributed by atoms with Gasteiger partial charge in [-0.05, 0) is 43.7 Å². The summed E-state index contributed by atoms with van der Waals surface area (Å²) in [5.74, 6) is -0.907. The van der Waals surface area contributed by atoms with Crippen molar-refractivity contribution in [2.45, 2.75) is 62.8 Å². The van der Waals surface area contributed by atoms with E-state index in [2.05, 4.69) is 5.32 Å². The number of ether oxygens (including phenoxy) is 1. The Kier molecular flexibility index (Phi) is 5.41. The predicted octanol–water partition coefficient (Wildman–Crippen LogP) is 4.26. The number of nitrogens with two attached hydrogens (primary N) is 1. The highest BCUT2D eigenvalue weighted by atomic mass is 19.1. The molecular formula is C22H26F2N2O. The summed E-state index contributed by atoms with van der Waals surface area (Å²) in [6, 6.07) is 12.9. The van der Waals surface area contributed by atoms with Crippen molar-refractivity contribution in [3.63, 3.8) is 0 Å². The maximum atomic E-state index is 14.4. The quantitative estimate of drug-likeness (QED) is 0.797. The molecule has 5 heteroatoms. The summed E-state index contributed by atoms with van der Waals surface area (Å²) in [5.41, 5.74) is 7.56. The van der Waals surface area contributed by atoms with Crippen LogP contribution in [0.2, 0.25) is 0 Å². The van der Waals surface area contributed by atoms with Crippen LogP contribution in [0.25, 0.3) is 0 Å². The lowest BCUT2D eigenvalue weighted by Gasteiger charge is -2.27. The van der Waals surface area contributed by atoms with Crippen molar-refractivity contribution >= 4 is 0 Å². The van der Waals surface area contributed by atoms with Crippen LogP contribution in [0.4, 0.5) is 8.78 Å². The minimum absolute atomic E-state index is 0.0940. The van der Waals surface area contributed by atoms with Gasteiger partial charge in [0, 0.05) is 35.7 Å². The Morgan fingerprint density at radius 1 is 1.04 bits per heavy atom. The summed E-state index contributed by atoms with van der Waals surface area (Å²) in [7, 11) is 0. The van der Waals surface area contributed by atoms with Crippen LogP contribution in [-0.4, -0.2) is 18.1 Å². The molecule has 0 radical (unpaired) electrons. The van der Waals surface area contributed by atoms with E-state index in [0.717, 1.165) is 43.7 Å². The molecule has 27 heavy (non-hydrogen) atoms. The van der Waals surface area contributed by atoms with E-state index in [1.165, 1.54) is 6.07 Å². The van der Waals surface area contributed by atoms with Crippen molar-refractivity contribution in [3.8, 4) is 5.75 Å². The van der Waals surface area contributed by atoms with E-state index < -0.39 is 11.6 Å². The van der Waals surface area contributed by atoms with Gasteiger partial charge in [0.1, 0.15) is 12.4 Å². The Bertz CT molecular complexity index is 775. The van der Waals surface area contributed by atoms with E-state index in [4.69, 9.17) is 10.5 Å². The highest BCUT2D eigenvalue weighted by Gasteiger charge is 2.42. The van der Waals surface area contributed by atoms with E-state index in [9.17, 15) is 8.78 Å². The molecule has 0 saturated heterocycles. The van der Waals surface area contributed by atoms with Crippen LogP contribution in [0.15, 0.2) is 42.5 Å². The Hall–Kier alpha value is -1.98. The highest BCUT2D eigenvalue weighted by Crippen LogP contribution is 2.46. The minimum Gasteiger partial charge on any atom is -0.486 e. The third-order valence-corrected chi connectivity index (χ3v) is 5.67. The molecule has 0 heterocycles. The topological polar surface area (TPSA) is 47.3 Å². The maximum absolute atomic E-state index is 14.4. The second kappa shape index (κ2) is 7.95. The summed E-state index contributed by atoms with van der Waals surface area (Å²) >= 11 is 0. The normalized spacial score (nSPS) is 27.4. The van der Waals surface area contributed by atoms with Crippen molar-refractivity contribution in [3.05, 3.63) is 65.2 Å². The lowest BCUT2D eigenvalue weighted by Crippen LogP contribution is -2.38. The number of nitrogens with one attached hydrogen (secondary N) is 1. The minimum atomic E-state index is -0.629. The van der Waals surface area contributed by atoms with Crippen LogP contribution in [0.3, 0.4) is 0 Å². The van der Waals surface area contributed by atoms with Crippen LogP contribution in [0.5, 0.6) is 5.75 Å². The summed E-state index contributed by atoms with van der Waals surface area (Å²) in [6.45, 7) is 0.266. The monoisotopic (exact) mass is 372 g/mol. The summed E-state index contributed by atoms with van der Waals surface area (Å²) in [5, 5.41) is 3.65. The molecule has 144 valence electrons. The van der Waals surface area contributed by atoms with Crippen LogP contribution < -0.4 is 15.8 Å². The fraction of sp³-hybridized carbons (Fsp3) is 0.455. The molecule has 2 atom stereocenters. The molecule has 2 aliphatic carbocycles. The van der Waals surface area contributed by atoms with Gasteiger partial charge in [-0.3, -0.25) is 0 Å². The predicted molar refractivity (Wildman–Crippen MR) is 102 cm³/mol. The molecule has 3 nitrogen and oxygen atoms in total. The fourth-order valence-electron chi connectivity index (χ4n) is 4.05. The number of rotatable bonds is 6. The summed E-state index contributed by atoms with van der Waals surface area (Å²) in [4.78, 5) is 0. The number of benzene rings is 2. The first-order valence-corrected chi connectivity index (χ1v) is 9.77. The van der Waals surface area contributed by atoms with Gasteiger partial charge in [0.05, 0.1) is 0 Å².